The average Bonchev–Trinajstić information content (AvgIpc) is 2.59. The van der Waals surface area contributed by atoms with E-state index in [-0.39, 0.29) is 11.8 Å². The number of ether oxygens (including phenoxy) is 1. The van der Waals surface area contributed by atoms with Gasteiger partial charge in [-0.3, -0.25) is 0 Å². The second-order valence-corrected chi connectivity index (χ2v) is 8.48. The summed E-state index contributed by atoms with van der Waals surface area (Å²) in [6.07, 6.45) is 1.68. The summed E-state index contributed by atoms with van der Waals surface area (Å²) in [5, 5.41) is 3.37. The second-order valence-electron chi connectivity index (χ2n) is 6.26. The summed E-state index contributed by atoms with van der Waals surface area (Å²) in [5.41, 5.74) is 2.25. The van der Waals surface area contributed by atoms with E-state index in [0.29, 0.717) is 18.9 Å². The van der Waals surface area contributed by atoms with Crippen molar-refractivity contribution in [3.8, 4) is 5.75 Å². The molecule has 1 heterocycles. The molecule has 3 rings (SSSR count). The van der Waals surface area contributed by atoms with Gasteiger partial charge in [0.15, 0.2) is 9.84 Å². The first-order valence-electron chi connectivity index (χ1n) is 8.30. The summed E-state index contributed by atoms with van der Waals surface area (Å²) in [4.78, 5) is 0. The number of sulfone groups is 1. The molecule has 0 spiro atoms. The molecule has 0 unspecified atom stereocenters. The fourth-order valence-electron chi connectivity index (χ4n) is 2.96. The zero-order chi connectivity index (χ0) is 16.8. The van der Waals surface area contributed by atoms with Gasteiger partial charge in [-0.1, -0.05) is 42.5 Å². The molecule has 1 N–H and O–H groups in total. The van der Waals surface area contributed by atoms with Crippen molar-refractivity contribution < 1.29 is 13.2 Å². The van der Waals surface area contributed by atoms with Crippen molar-refractivity contribution in [2.24, 2.45) is 0 Å². The Labute approximate surface area is 143 Å². The van der Waals surface area contributed by atoms with E-state index in [0.717, 1.165) is 29.7 Å². The maximum absolute atomic E-state index is 11.7. The van der Waals surface area contributed by atoms with E-state index in [1.54, 1.807) is 0 Å². The Morgan fingerprint density at radius 2 is 1.83 bits per heavy atom. The monoisotopic (exact) mass is 345 g/mol. The largest absolute Gasteiger partial charge is 0.489 e. The van der Waals surface area contributed by atoms with Crippen molar-refractivity contribution in [1.82, 2.24) is 5.32 Å². The standard InChI is InChI=1S/C19H23NO3S/c21-24(22)11-5-8-18(15-24)20-13-16-6-4-7-17(12-16)14-23-19-9-2-1-3-10-19/h1-4,6-7,9-10,12,18,20H,5,8,11,13-15H2/t18-/m0/s1. The van der Waals surface area contributed by atoms with E-state index in [2.05, 4.69) is 17.4 Å². The molecule has 1 aliphatic rings. The van der Waals surface area contributed by atoms with Crippen LogP contribution < -0.4 is 10.1 Å². The molecule has 2 aromatic rings. The van der Waals surface area contributed by atoms with E-state index in [1.165, 1.54) is 0 Å². The van der Waals surface area contributed by atoms with E-state index in [4.69, 9.17) is 4.74 Å². The minimum atomic E-state index is -2.87. The molecule has 4 nitrogen and oxygen atoms in total. The van der Waals surface area contributed by atoms with E-state index in [1.807, 2.05) is 42.5 Å². The van der Waals surface area contributed by atoms with Crippen LogP contribution in [0.3, 0.4) is 0 Å². The van der Waals surface area contributed by atoms with Crippen molar-refractivity contribution in [2.45, 2.75) is 32.0 Å². The Morgan fingerprint density at radius 3 is 2.62 bits per heavy atom. The summed E-state index contributed by atoms with van der Waals surface area (Å²) >= 11 is 0. The van der Waals surface area contributed by atoms with Gasteiger partial charge in [0.2, 0.25) is 0 Å². The number of hydrogen-bond acceptors (Lipinski definition) is 4. The molecule has 0 bridgehead atoms. The minimum absolute atomic E-state index is 0.0629. The van der Waals surface area contributed by atoms with Crippen molar-refractivity contribution in [3.63, 3.8) is 0 Å². The van der Waals surface area contributed by atoms with Crippen molar-refractivity contribution in [2.75, 3.05) is 11.5 Å². The molecule has 0 saturated carbocycles. The Kier molecular flexibility index (Phi) is 5.53. The highest BCUT2D eigenvalue weighted by Crippen LogP contribution is 2.15. The van der Waals surface area contributed by atoms with Gasteiger partial charge in [-0.15, -0.1) is 0 Å². The number of rotatable bonds is 6. The SMILES string of the molecule is O=S1(=O)CCC[C@H](NCc2cccc(COc3ccccc3)c2)C1. The van der Waals surface area contributed by atoms with Crippen LogP contribution in [-0.4, -0.2) is 26.0 Å². The van der Waals surface area contributed by atoms with Gasteiger partial charge < -0.3 is 10.1 Å². The van der Waals surface area contributed by atoms with E-state index < -0.39 is 9.84 Å². The van der Waals surface area contributed by atoms with Crippen LogP contribution in [0.15, 0.2) is 54.6 Å². The molecule has 2 aromatic carbocycles. The third-order valence-electron chi connectivity index (χ3n) is 4.20. The smallest absolute Gasteiger partial charge is 0.151 e. The van der Waals surface area contributed by atoms with E-state index >= 15 is 0 Å². The van der Waals surface area contributed by atoms with Crippen LogP contribution in [0.1, 0.15) is 24.0 Å². The molecule has 1 aliphatic heterocycles. The van der Waals surface area contributed by atoms with Gasteiger partial charge in [-0.25, -0.2) is 8.42 Å². The van der Waals surface area contributed by atoms with Gasteiger partial charge in [0.1, 0.15) is 12.4 Å². The molecule has 24 heavy (non-hydrogen) atoms. The number of nitrogens with one attached hydrogen (secondary N) is 1. The third-order valence-corrected chi connectivity index (χ3v) is 6.02. The van der Waals surface area contributed by atoms with Crippen LogP contribution in [0.25, 0.3) is 0 Å². The van der Waals surface area contributed by atoms with Crippen LogP contribution in [0.5, 0.6) is 5.75 Å². The van der Waals surface area contributed by atoms with Crippen molar-refractivity contribution in [3.05, 3.63) is 65.7 Å². The molecule has 1 atom stereocenters. The summed E-state index contributed by atoms with van der Waals surface area (Å²) in [5.74, 6) is 1.44. The van der Waals surface area contributed by atoms with Gasteiger partial charge >= 0.3 is 0 Å². The number of benzene rings is 2. The van der Waals surface area contributed by atoms with Gasteiger partial charge in [0.05, 0.1) is 11.5 Å². The molecule has 128 valence electrons. The zero-order valence-corrected chi connectivity index (χ0v) is 14.5. The van der Waals surface area contributed by atoms with Crippen LogP contribution in [0.2, 0.25) is 0 Å². The Morgan fingerprint density at radius 1 is 1.04 bits per heavy atom. The second kappa shape index (κ2) is 7.81. The van der Waals surface area contributed by atoms with Crippen LogP contribution in [0.4, 0.5) is 0 Å². The van der Waals surface area contributed by atoms with Crippen LogP contribution in [0, 0.1) is 0 Å². The fraction of sp³-hybridized carbons (Fsp3) is 0.368. The first kappa shape index (κ1) is 17.0. The fourth-order valence-corrected chi connectivity index (χ4v) is 4.63. The Balaban J connectivity index is 1.53. The predicted octanol–water partition coefficient (Wildman–Crippen LogP) is 2.93. The summed E-state index contributed by atoms with van der Waals surface area (Å²) in [6, 6.07) is 18.0. The molecule has 1 fully saturated rings. The number of hydrogen-bond donors (Lipinski definition) is 1. The predicted molar refractivity (Wildman–Crippen MR) is 95.7 cm³/mol. The lowest BCUT2D eigenvalue weighted by atomic mass is 10.1. The Bertz CT molecular complexity index is 759. The van der Waals surface area contributed by atoms with Crippen molar-refractivity contribution >= 4 is 9.84 Å². The first-order chi connectivity index (χ1) is 11.6. The van der Waals surface area contributed by atoms with E-state index in [9.17, 15) is 8.42 Å². The molecule has 0 radical (unpaired) electrons. The summed E-state index contributed by atoms with van der Waals surface area (Å²) in [6.45, 7) is 1.20. The highest BCUT2D eigenvalue weighted by atomic mass is 32.2. The maximum atomic E-state index is 11.7. The minimum Gasteiger partial charge on any atom is -0.489 e. The quantitative estimate of drug-likeness (QED) is 0.875. The first-order valence-corrected chi connectivity index (χ1v) is 10.1. The lowest BCUT2D eigenvalue weighted by Crippen LogP contribution is -2.39. The molecular formula is C19H23NO3S. The zero-order valence-electron chi connectivity index (χ0n) is 13.6. The Hall–Kier alpha value is -1.85. The van der Waals surface area contributed by atoms with Crippen LogP contribution in [-0.2, 0) is 23.0 Å². The van der Waals surface area contributed by atoms with Crippen LogP contribution >= 0.6 is 0 Å². The normalized spacial score (nSPS) is 19.8. The third kappa shape index (κ3) is 5.08. The highest BCUT2D eigenvalue weighted by molar-refractivity contribution is 7.91. The molecular weight excluding hydrogens is 322 g/mol. The molecule has 0 amide bonds. The van der Waals surface area contributed by atoms with Crippen molar-refractivity contribution in [1.29, 1.82) is 0 Å². The van der Waals surface area contributed by atoms with Gasteiger partial charge in [0.25, 0.3) is 0 Å². The lowest BCUT2D eigenvalue weighted by molar-refractivity contribution is 0.306. The maximum Gasteiger partial charge on any atom is 0.151 e. The average molecular weight is 345 g/mol. The molecule has 0 aromatic heterocycles. The van der Waals surface area contributed by atoms with Gasteiger partial charge in [0, 0.05) is 12.6 Å². The molecule has 0 aliphatic carbocycles. The molecule has 1 saturated heterocycles. The van der Waals surface area contributed by atoms with Gasteiger partial charge in [-0.2, -0.15) is 0 Å². The van der Waals surface area contributed by atoms with Gasteiger partial charge in [-0.05, 0) is 36.1 Å². The lowest BCUT2D eigenvalue weighted by Gasteiger charge is -2.23. The topological polar surface area (TPSA) is 55.4 Å². The number of para-hydroxylation sites is 1. The molecule has 5 heteroatoms. The summed E-state index contributed by atoms with van der Waals surface area (Å²) in [7, 11) is -2.87. The summed E-state index contributed by atoms with van der Waals surface area (Å²) < 4.78 is 29.1. The highest BCUT2D eigenvalue weighted by Gasteiger charge is 2.24.